The molecule has 0 atom stereocenters. The van der Waals surface area contributed by atoms with Crippen LogP contribution >= 0.6 is 11.3 Å². The van der Waals surface area contributed by atoms with Crippen LogP contribution in [0.4, 0.5) is 4.39 Å². The van der Waals surface area contributed by atoms with Gasteiger partial charge < -0.3 is 4.74 Å². The quantitative estimate of drug-likeness (QED) is 0.665. The molecule has 0 saturated heterocycles. The molecular weight excluding hydrogens is 315 g/mol. The molecule has 0 fully saturated rings. The van der Waals surface area contributed by atoms with Crippen LogP contribution in [0.5, 0.6) is 0 Å². The van der Waals surface area contributed by atoms with E-state index < -0.39 is 5.97 Å². The molecule has 0 aliphatic rings. The molecule has 0 radical (unpaired) electrons. The predicted octanol–water partition coefficient (Wildman–Crippen LogP) is 3.98. The highest BCUT2D eigenvalue weighted by Crippen LogP contribution is 2.24. The first-order valence-corrected chi connectivity index (χ1v) is 8.14. The van der Waals surface area contributed by atoms with Gasteiger partial charge in [0.05, 0.1) is 18.8 Å². The van der Waals surface area contributed by atoms with Crippen molar-refractivity contribution in [3.63, 3.8) is 0 Å². The second kappa shape index (κ2) is 6.75. The summed E-state index contributed by atoms with van der Waals surface area (Å²) in [6.07, 6.45) is 0. The molecule has 3 rings (SSSR count). The fourth-order valence-electron chi connectivity index (χ4n) is 2.27. The van der Waals surface area contributed by atoms with E-state index in [4.69, 9.17) is 4.74 Å². The first-order chi connectivity index (χ1) is 11.2. The summed E-state index contributed by atoms with van der Waals surface area (Å²) in [5.41, 5.74) is 2.44. The standard InChI is InChI=1S/C17H15FN2O2S/c1-2-22-17(21)15-9-16(13-7-8-23-11-13)20(19-15)10-12-5-3-4-6-14(12)18/h3-9,11H,2,10H2,1H3. The molecule has 0 N–H and O–H groups in total. The van der Waals surface area contributed by atoms with E-state index in [1.165, 1.54) is 6.07 Å². The highest BCUT2D eigenvalue weighted by molar-refractivity contribution is 7.08. The second-order valence-electron chi connectivity index (χ2n) is 4.90. The van der Waals surface area contributed by atoms with Gasteiger partial charge in [-0.2, -0.15) is 16.4 Å². The van der Waals surface area contributed by atoms with Crippen molar-refractivity contribution in [1.82, 2.24) is 9.78 Å². The number of ether oxygens (including phenoxy) is 1. The summed E-state index contributed by atoms with van der Waals surface area (Å²) in [4.78, 5) is 11.9. The number of carbonyl (C=O) groups is 1. The Hall–Kier alpha value is -2.47. The van der Waals surface area contributed by atoms with Crippen molar-refractivity contribution in [2.75, 3.05) is 6.61 Å². The maximum atomic E-state index is 13.9. The molecule has 0 amide bonds. The lowest BCUT2D eigenvalue weighted by atomic mass is 10.2. The average Bonchev–Trinajstić information content (AvgIpc) is 3.19. The maximum absolute atomic E-state index is 13.9. The zero-order valence-electron chi connectivity index (χ0n) is 12.5. The van der Waals surface area contributed by atoms with Crippen molar-refractivity contribution < 1.29 is 13.9 Å². The zero-order valence-corrected chi connectivity index (χ0v) is 13.3. The molecule has 3 aromatic rings. The number of hydrogen-bond acceptors (Lipinski definition) is 4. The summed E-state index contributed by atoms with van der Waals surface area (Å²) in [6, 6.07) is 10.2. The van der Waals surface area contributed by atoms with Gasteiger partial charge >= 0.3 is 5.97 Å². The Bertz CT molecular complexity index is 812. The van der Waals surface area contributed by atoms with Crippen LogP contribution in [-0.2, 0) is 11.3 Å². The lowest BCUT2D eigenvalue weighted by Gasteiger charge is -2.07. The lowest BCUT2D eigenvalue weighted by molar-refractivity contribution is 0.0518. The van der Waals surface area contributed by atoms with Gasteiger partial charge in [-0.1, -0.05) is 18.2 Å². The SMILES string of the molecule is CCOC(=O)c1cc(-c2ccsc2)n(Cc2ccccc2F)n1. The fraction of sp³-hybridized carbons (Fsp3) is 0.176. The molecule has 0 aliphatic heterocycles. The van der Waals surface area contributed by atoms with Crippen molar-refractivity contribution in [1.29, 1.82) is 0 Å². The number of benzene rings is 1. The number of hydrogen-bond donors (Lipinski definition) is 0. The monoisotopic (exact) mass is 330 g/mol. The van der Waals surface area contributed by atoms with Gasteiger partial charge in [0.2, 0.25) is 0 Å². The van der Waals surface area contributed by atoms with Gasteiger partial charge in [-0.15, -0.1) is 0 Å². The van der Waals surface area contributed by atoms with E-state index in [0.717, 1.165) is 11.3 Å². The van der Waals surface area contributed by atoms with Crippen LogP contribution in [0.1, 0.15) is 23.0 Å². The Morgan fingerprint density at radius 3 is 2.87 bits per heavy atom. The number of thiophene rings is 1. The Morgan fingerprint density at radius 2 is 2.17 bits per heavy atom. The van der Waals surface area contributed by atoms with Gasteiger partial charge in [0, 0.05) is 16.5 Å². The largest absolute Gasteiger partial charge is 0.461 e. The van der Waals surface area contributed by atoms with Crippen molar-refractivity contribution in [2.45, 2.75) is 13.5 Å². The van der Waals surface area contributed by atoms with E-state index in [9.17, 15) is 9.18 Å². The molecule has 118 valence electrons. The van der Waals surface area contributed by atoms with E-state index in [-0.39, 0.29) is 24.7 Å². The molecule has 0 aliphatic carbocycles. The Kier molecular flexibility index (Phi) is 4.52. The Labute approximate surface area is 137 Å². The zero-order chi connectivity index (χ0) is 16.2. The maximum Gasteiger partial charge on any atom is 0.358 e. The van der Waals surface area contributed by atoms with Crippen LogP contribution in [0.2, 0.25) is 0 Å². The minimum absolute atomic E-state index is 0.226. The van der Waals surface area contributed by atoms with E-state index in [2.05, 4.69) is 5.10 Å². The fourth-order valence-corrected chi connectivity index (χ4v) is 2.92. The smallest absolute Gasteiger partial charge is 0.358 e. The van der Waals surface area contributed by atoms with Crippen LogP contribution in [0.25, 0.3) is 11.3 Å². The molecule has 23 heavy (non-hydrogen) atoms. The Morgan fingerprint density at radius 1 is 1.35 bits per heavy atom. The number of esters is 1. The van der Waals surface area contributed by atoms with E-state index >= 15 is 0 Å². The van der Waals surface area contributed by atoms with Crippen LogP contribution in [0.15, 0.2) is 47.2 Å². The number of rotatable bonds is 5. The first kappa shape index (κ1) is 15.4. The van der Waals surface area contributed by atoms with Crippen molar-refractivity contribution >= 4 is 17.3 Å². The molecular formula is C17H15FN2O2S. The summed E-state index contributed by atoms with van der Waals surface area (Å²) < 4.78 is 20.5. The van der Waals surface area contributed by atoms with Gasteiger partial charge in [0.1, 0.15) is 5.82 Å². The van der Waals surface area contributed by atoms with Gasteiger partial charge in [-0.3, -0.25) is 4.68 Å². The van der Waals surface area contributed by atoms with Crippen LogP contribution < -0.4 is 0 Å². The van der Waals surface area contributed by atoms with Gasteiger partial charge in [0.15, 0.2) is 5.69 Å². The third-order valence-electron chi connectivity index (χ3n) is 3.36. The molecule has 6 heteroatoms. The highest BCUT2D eigenvalue weighted by atomic mass is 32.1. The van der Waals surface area contributed by atoms with Crippen molar-refractivity contribution in [3.8, 4) is 11.3 Å². The first-order valence-electron chi connectivity index (χ1n) is 7.20. The highest BCUT2D eigenvalue weighted by Gasteiger charge is 2.17. The number of nitrogens with zero attached hydrogens (tertiary/aromatic N) is 2. The molecule has 0 spiro atoms. The molecule has 1 aromatic carbocycles. The van der Waals surface area contributed by atoms with Gasteiger partial charge in [0.25, 0.3) is 0 Å². The summed E-state index contributed by atoms with van der Waals surface area (Å²) in [5.74, 6) is -0.770. The number of halogens is 1. The topological polar surface area (TPSA) is 44.1 Å². The summed E-state index contributed by atoms with van der Waals surface area (Å²) in [5, 5.41) is 8.21. The molecule has 4 nitrogen and oxygen atoms in total. The lowest BCUT2D eigenvalue weighted by Crippen LogP contribution is -2.09. The van der Waals surface area contributed by atoms with Crippen LogP contribution in [-0.4, -0.2) is 22.4 Å². The minimum atomic E-state index is -0.476. The average molecular weight is 330 g/mol. The minimum Gasteiger partial charge on any atom is -0.461 e. The summed E-state index contributed by atoms with van der Waals surface area (Å²) in [6.45, 7) is 2.28. The predicted molar refractivity (Wildman–Crippen MR) is 87.0 cm³/mol. The summed E-state index contributed by atoms with van der Waals surface area (Å²) >= 11 is 1.55. The normalized spacial score (nSPS) is 10.7. The third kappa shape index (κ3) is 3.32. The van der Waals surface area contributed by atoms with E-state index in [0.29, 0.717) is 5.56 Å². The van der Waals surface area contributed by atoms with E-state index in [1.807, 2.05) is 16.8 Å². The second-order valence-corrected chi connectivity index (χ2v) is 5.68. The van der Waals surface area contributed by atoms with Gasteiger partial charge in [-0.25, -0.2) is 9.18 Å². The molecule has 0 unspecified atom stereocenters. The van der Waals surface area contributed by atoms with Crippen molar-refractivity contribution in [2.24, 2.45) is 0 Å². The molecule has 2 aromatic heterocycles. The Balaban J connectivity index is 2.00. The molecule has 0 saturated carbocycles. The van der Waals surface area contributed by atoms with Crippen LogP contribution in [0, 0.1) is 5.82 Å². The van der Waals surface area contributed by atoms with Crippen molar-refractivity contribution in [3.05, 3.63) is 64.2 Å². The van der Waals surface area contributed by atoms with E-state index in [1.54, 1.807) is 47.2 Å². The van der Waals surface area contributed by atoms with Gasteiger partial charge in [-0.05, 0) is 30.5 Å². The number of aromatic nitrogens is 2. The molecule has 0 bridgehead atoms. The third-order valence-corrected chi connectivity index (χ3v) is 4.04. The molecule has 2 heterocycles. The number of carbonyl (C=O) groups excluding carboxylic acids is 1. The summed E-state index contributed by atoms with van der Waals surface area (Å²) in [7, 11) is 0. The van der Waals surface area contributed by atoms with Crippen LogP contribution in [0.3, 0.4) is 0 Å².